The maximum absolute atomic E-state index is 14.3. The largest absolute Gasteiger partial charge is 0.321 e. The highest BCUT2D eigenvalue weighted by Crippen LogP contribution is 2.35. The number of nitrogens with zero attached hydrogens (tertiary/aromatic N) is 1. The summed E-state index contributed by atoms with van der Waals surface area (Å²) in [6.07, 6.45) is 2.95. The molecule has 0 fully saturated rings. The lowest BCUT2D eigenvalue weighted by Crippen LogP contribution is -2.30. The number of sulfonamides is 1. The van der Waals surface area contributed by atoms with E-state index in [-0.39, 0.29) is 18.1 Å². The first-order valence-corrected chi connectivity index (χ1v) is 12.9. The molecule has 5 rings (SSSR count). The number of halogens is 2. The quantitative estimate of drug-likeness (QED) is 0.390. The van der Waals surface area contributed by atoms with Gasteiger partial charge in [-0.3, -0.25) is 9.10 Å². The summed E-state index contributed by atoms with van der Waals surface area (Å²) in [4.78, 5) is 12.9. The summed E-state index contributed by atoms with van der Waals surface area (Å²) >= 11 is 0. The van der Waals surface area contributed by atoms with Crippen LogP contribution in [-0.2, 0) is 29.4 Å². The zero-order valence-corrected chi connectivity index (χ0v) is 19.7. The Morgan fingerprint density at radius 3 is 2.34 bits per heavy atom. The van der Waals surface area contributed by atoms with E-state index in [0.717, 1.165) is 46.6 Å². The van der Waals surface area contributed by atoms with Crippen LogP contribution in [-0.4, -0.2) is 20.6 Å². The first kappa shape index (κ1) is 23.0. The lowest BCUT2D eigenvalue weighted by Gasteiger charge is -2.23. The summed E-state index contributed by atoms with van der Waals surface area (Å²) in [5.41, 5.74) is 3.99. The van der Waals surface area contributed by atoms with E-state index in [9.17, 15) is 22.0 Å². The zero-order chi connectivity index (χ0) is 24.7. The topological polar surface area (TPSA) is 66.5 Å². The Labute approximate surface area is 202 Å². The molecule has 1 N–H and O–H groups in total. The molecule has 0 saturated carbocycles. The molecule has 0 saturated heterocycles. The SMILES string of the molecule is CS(=O)(=O)N(Cc1ccc(C(=O)Nc2ccc3c4c(cccc24)CC3)cc1)c1ccc(F)cc1F. The van der Waals surface area contributed by atoms with Gasteiger partial charge < -0.3 is 5.32 Å². The molecule has 0 aliphatic heterocycles. The van der Waals surface area contributed by atoms with Crippen molar-refractivity contribution in [2.45, 2.75) is 19.4 Å². The van der Waals surface area contributed by atoms with Crippen molar-refractivity contribution in [2.24, 2.45) is 0 Å². The van der Waals surface area contributed by atoms with Crippen LogP contribution >= 0.6 is 0 Å². The highest BCUT2D eigenvalue weighted by atomic mass is 32.2. The average molecular weight is 493 g/mol. The van der Waals surface area contributed by atoms with Gasteiger partial charge in [-0.2, -0.15) is 0 Å². The molecular weight excluding hydrogens is 470 g/mol. The monoisotopic (exact) mass is 492 g/mol. The fourth-order valence-electron chi connectivity index (χ4n) is 4.54. The average Bonchev–Trinajstić information content (AvgIpc) is 3.24. The van der Waals surface area contributed by atoms with Crippen LogP contribution in [0, 0.1) is 11.6 Å². The number of amides is 1. The molecule has 1 amide bonds. The van der Waals surface area contributed by atoms with Crippen molar-refractivity contribution in [3.05, 3.63) is 107 Å². The van der Waals surface area contributed by atoms with E-state index in [1.807, 2.05) is 24.3 Å². The summed E-state index contributed by atoms with van der Waals surface area (Å²) in [6.45, 7) is -0.168. The smallest absolute Gasteiger partial charge is 0.255 e. The fraction of sp³-hybridized carbons (Fsp3) is 0.148. The predicted octanol–water partition coefficient (Wildman–Crippen LogP) is 5.44. The Bertz CT molecular complexity index is 1560. The molecule has 0 aromatic heterocycles. The van der Waals surface area contributed by atoms with Crippen LogP contribution in [0.1, 0.15) is 27.0 Å². The lowest BCUT2D eigenvalue weighted by molar-refractivity contribution is 0.102. The van der Waals surface area contributed by atoms with Crippen molar-refractivity contribution < 1.29 is 22.0 Å². The van der Waals surface area contributed by atoms with Gasteiger partial charge in [0.1, 0.15) is 11.6 Å². The Kier molecular flexibility index (Phi) is 5.76. The molecule has 1 aliphatic carbocycles. The Balaban J connectivity index is 1.37. The third kappa shape index (κ3) is 4.49. The van der Waals surface area contributed by atoms with Crippen LogP contribution in [0.3, 0.4) is 0 Å². The van der Waals surface area contributed by atoms with Gasteiger partial charge in [-0.05, 0) is 65.3 Å². The maximum Gasteiger partial charge on any atom is 0.255 e. The number of anilines is 2. The van der Waals surface area contributed by atoms with E-state index in [4.69, 9.17) is 0 Å². The third-order valence-corrected chi connectivity index (χ3v) is 7.37. The number of carbonyl (C=O) groups excluding carboxylic acids is 1. The standard InChI is InChI=1S/C27H22F2N2O3S/c1-35(33,34)31(25-14-12-21(28)15-23(25)29)16-17-5-7-20(8-6-17)27(32)30-24-13-11-19-10-9-18-3-2-4-22(24)26(18)19/h2-8,11-15H,9-10,16H2,1H3,(H,30,32). The molecule has 178 valence electrons. The molecule has 8 heteroatoms. The molecule has 0 radical (unpaired) electrons. The van der Waals surface area contributed by atoms with Crippen LogP contribution < -0.4 is 9.62 Å². The van der Waals surface area contributed by atoms with Crippen molar-refractivity contribution in [1.29, 1.82) is 0 Å². The first-order valence-electron chi connectivity index (χ1n) is 11.1. The maximum atomic E-state index is 14.3. The van der Waals surface area contributed by atoms with Crippen LogP contribution in [0.4, 0.5) is 20.2 Å². The second-order valence-corrected chi connectivity index (χ2v) is 10.5. The van der Waals surface area contributed by atoms with Gasteiger partial charge in [0.2, 0.25) is 10.0 Å². The molecular formula is C27H22F2N2O3S. The summed E-state index contributed by atoms with van der Waals surface area (Å²) in [5.74, 6) is -2.06. The summed E-state index contributed by atoms with van der Waals surface area (Å²) < 4.78 is 53.1. The van der Waals surface area contributed by atoms with Crippen molar-refractivity contribution in [3.63, 3.8) is 0 Å². The van der Waals surface area contributed by atoms with E-state index in [0.29, 0.717) is 17.2 Å². The van der Waals surface area contributed by atoms with Gasteiger partial charge in [-0.15, -0.1) is 0 Å². The summed E-state index contributed by atoms with van der Waals surface area (Å²) in [5, 5.41) is 5.19. The van der Waals surface area contributed by atoms with Crippen molar-refractivity contribution >= 4 is 38.1 Å². The van der Waals surface area contributed by atoms with Crippen LogP contribution in [0.25, 0.3) is 10.8 Å². The van der Waals surface area contributed by atoms with Gasteiger partial charge >= 0.3 is 0 Å². The van der Waals surface area contributed by atoms with Crippen molar-refractivity contribution in [1.82, 2.24) is 0 Å². The van der Waals surface area contributed by atoms with Gasteiger partial charge in [0.25, 0.3) is 5.91 Å². The molecule has 4 aromatic rings. The molecule has 0 unspecified atom stereocenters. The number of rotatable bonds is 6. The molecule has 0 atom stereocenters. The third-order valence-electron chi connectivity index (χ3n) is 6.25. The second kappa shape index (κ2) is 8.78. The fourth-order valence-corrected chi connectivity index (χ4v) is 5.43. The van der Waals surface area contributed by atoms with Gasteiger partial charge in [0.05, 0.1) is 18.5 Å². The normalized spacial score (nSPS) is 12.7. The zero-order valence-electron chi connectivity index (χ0n) is 18.9. The number of carbonyl (C=O) groups is 1. The van der Waals surface area contributed by atoms with Gasteiger partial charge in [0.15, 0.2) is 0 Å². The number of hydrogen-bond donors (Lipinski definition) is 1. The number of nitrogens with one attached hydrogen (secondary N) is 1. The highest BCUT2D eigenvalue weighted by molar-refractivity contribution is 7.92. The van der Waals surface area contributed by atoms with E-state index in [1.165, 1.54) is 16.5 Å². The van der Waals surface area contributed by atoms with Gasteiger partial charge in [-0.1, -0.05) is 36.4 Å². The molecule has 1 aliphatic rings. The molecule has 35 heavy (non-hydrogen) atoms. The summed E-state index contributed by atoms with van der Waals surface area (Å²) in [6, 6.07) is 19.2. The minimum absolute atomic E-state index is 0.168. The molecule has 5 nitrogen and oxygen atoms in total. The number of benzene rings is 4. The van der Waals surface area contributed by atoms with Crippen LogP contribution in [0.15, 0.2) is 72.8 Å². The van der Waals surface area contributed by atoms with E-state index < -0.39 is 21.7 Å². The summed E-state index contributed by atoms with van der Waals surface area (Å²) in [7, 11) is -3.85. The highest BCUT2D eigenvalue weighted by Gasteiger charge is 2.22. The number of aryl methyl sites for hydroxylation is 2. The van der Waals surface area contributed by atoms with Crippen LogP contribution in [0.5, 0.6) is 0 Å². The predicted molar refractivity (Wildman–Crippen MR) is 133 cm³/mol. The lowest BCUT2D eigenvalue weighted by atomic mass is 10.0. The van der Waals surface area contributed by atoms with Gasteiger partial charge in [0, 0.05) is 22.7 Å². The van der Waals surface area contributed by atoms with Crippen molar-refractivity contribution in [2.75, 3.05) is 15.9 Å². The Hall–Kier alpha value is -3.78. The molecule has 0 bridgehead atoms. The Morgan fingerprint density at radius 2 is 1.66 bits per heavy atom. The molecule has 4 aromatic carbocycles. The first-order chi connectivity index (χ1) is 16.7. The van der Waals surface area contributed by atoms with Crippen LogP contribution in [0.2, 0.25) is 0 Å². The molecule has 0 spiro atoms. The van der Waals surface area contributed by atoms with E-state index >= 15 is 0 Å². The minimum Gasteiger partial charge on any atom is -0.321 e. The Morgan fingerprint density at radius 1 is 0.943 bits per heavy atom. The molecule has 0 heterocycles. The second-order valence-electron chi connectivity index (χ2n) is 8.63. The number of hydrogen-bond acceptors (Lipinski definition) is 3. The van der Waals surface area contributed by atoms with Crippen molar-refractivity contribution in [3.8, 4) is 0 Å². The van der Waals surface area contributed by atoms with E-state index in [2.05, 4.69) is 11.4 Å². The van der Waals surface area contributed by atoms with Gasteiger partial charge in [-0.25, -0.2) is 17.2 Å². The van der Waals surface area contributed by atoms with E-state index in [1.54, 1.807) is 24.3 Å². The minimum atomic E-state index is -3.85.